The van der Waals surface area contributed by atoms with E-state index < -0.39 is 12.9 Å². The first-order valence-electron chi connectivity index (χ1n) is 0.729. The summed E-state index contributed by atoms with van der Waals surface area (Å²) in [5.74, 6) is 1.50. The Hall–Kier alpha value is 0.609. The van der Waals surface area contributed by atoms with Gasteiger partial charge < -0.3 is 0 Å². The second-order valence-corrected chi connectivity index (χ2v) is 4.25. The molecule has 4 heavy (non-hydrogen) atoms. The molecule has 1 nitrogen and oxygen atoms in total. The Bertz CT molecular complexity index is 31.0. The van der Waals surface area contributed by atoms with Crippen molar-refractivity contribution < 1.29 is 3.83 Å². The summed E-state index contributed by atoms with van der Waals surface area (Å²) in [6, 6.07) is 0. The minimum absolute atomic E-state index is 1.50. The third-order valence-electron chi connectivity index (χ3n) is 0. The molecule has 1 atom stereocenters. The summed E-state index contributed by atoms with van der Waals surface area (Å²) in [6.07, 6.45) is 0. The third kappa shape index (κ3) is 18.2. The molecule has 0 rings (SSSR count). The molecule has 26 valence electrons. The first kappa shape index (κ1) is 4.61. The van der Waals surface area contributed by atoms with E-state index in [1.54, 1.807) is 0 Å². The zero-order valence-corrected chi connectivity index (χ0v) is 4.66. The van der Waals surface area contributed by atoms with Crippen molar-refractivity contribution in [1.82, 2.24) is 0 Å². The van der Waals surface area contributed by atoms with Crippen molar-refractivity contribution in [2.24, 2.45) is 0 Å². The number of hydrogen-bond donors (Lipinski definition) is 0. The molecule has 0 aliphatic rings. The molecule has 0 saturated heterocycles. The van der Waals surface area contributed by atoms with Crippen molar-refractivity contribution in [3.8, 4) is 0 Å². The Balaban J connectivity index is 2.80. The van der Waals surface area contributed by atoms with Crippen molar-refractivity contribution in [2.75, 3.05) is 0 Å². The second kappa shape index (κ2) is 1.89. The average molecular weight is 145 g/mol. The number of hydrogen-bond acceptors (Lipinski definition) is 1. The van der Waals surface area contributed by atoms with Crippen LogP contribution in [0.1, 0.15) is 0 Å². The monoisotopic (exact) mass is 146 g/mol. The molecule has 0 heterocycles. The zero-order chi connectivity index (χ0) is 3.58. The van der Waals surface area contributed by atoms with Gasteiger partial charge in [-0.15, -0.1) is 0 Å². The van der Waals surface area contributed by atoms with Gasteiger partial charge in [-0.25, -0.2) is 0 Å². The third-order valence-corrected chi connectivity index (χ3v) is 0. The Morgan fingerprint density at radius 1 is 2.00 bits per heavy atom. The molecule has 0 aromatic heterocycles. The van der Waals surface area contributed by atoms with Gasteiger partial charge in [-0.2, -0.15) is 0 Å². The molecule has 0 bridgehead atoms. The summed E-state index contributed by atoms with van der Waals surface area (Å²) in [6.45, 7) is 0. The van der Waals surface area contributed by atoms with Crippen LogP contribution < -0.4 is 0 Å². The van der Waals surface area contributed by atoms with Gasteiger partial charge in [0.05, 0.1) is 0 Å². The summed E-state index contributed by atoms with van der Waals surface area (Å²) in [5.41, 5.74) is 0. The average Bonchev–Trinajstić information content (AvgIpc) is 0.811. The Labute approximate surface area is 33.3 Å². The first-order chi connectivity index (χ1) is 1.73. The maximum atomic E-state index is 9.42. The quantitative estimate of drug-likeness (QED) is 0.460. The van der Waals surface area contributed by atoms with Gasteiger partial charge in [0.25, 0.3) is 0 Å². The van der Waals surface area contributed by atoms with Crippen LogP contribution in [-0.2, 0) is 3.83 Å². The van der Waals surface area contributed by atoms with Gasteiger partial charge >= 0.3 is 32.7 Å². The molecule has 0 spiro atoms. The SMILES string of the molecule is C[Se](=O)Cl. The fraction of sp³-hybridized carbons (Fsp3) is 1.00. The molecule has 0 aromatic carbocycles. The molecular formula is CH3ClOSe. The van der Waals surface area contributed by atoms with Gasteiger partial charge in [0.2, 0.25) is 0 Å². The zero-order valence-electron chi connectivity index (χ0n) is 2.19. The number of rotatable bonds is 0. The normalized spacial score (nSPS) is 15.5. The van der Waals surface area contributed by atoms with Crippen LogP contribution in [-0.4, -0.2) is 12.9 Å². The van der Waals surface area contributed by atoms with Crippen LogP contribution in [0.25, 0.3) is 0 Å². The summed E-state index contributed by atoms with van der Waals surface area (Å²) >= 11 is -1.82. The summed E-state index contributed by atoms with van der Waals surface area (Å²) < 4.78 is 9.42. The van der Waals surface area contributed by atoms with Crippen LogP contribution >= 0.6 is 10.1 Å². The number of halogens is 1. The van der Waals surface area contributed by atoms with Gasteiger partial charge in [-0.3, -0.25) is 0 Å². The van der Waals surface area contributed by atoms with Crippen molar-refractivity contribution in [3.63, 3.8) is 0 Å². The Morgan fingerprint density at radius 2 is 2.00 bits per heavy atom. The molecule has 0 aliphatic heterocycles. The van der Waals surface area contributed by atoms with E-state index in [0.717, 1.165) is 0 Å². The van der Waals surface area contributed by atoms with E-state index in [4.69, 9.17) is 10.1 Å². The van der Waals surface area contributed by atoms with Crippen LogP contribution in [0.5, 0.6) is 0 Å². The van der Waals surface area contributed by atoms with Gasteiger partial charge in [-0.1, -0.05) is 0 Å². The predicted octanol–water partition coefficient (Wildman–Crippen LogP) is 0.774. The Morgan fingerprint density at radius 3 is 2.00 bits per heavy atom. The molecule has 0 amide bonds. The molecule has 3 heteroatoms. The standard InChI is InChI=1S/CH3ClOSe/c1-4(2)3/h1H3. The summed E-state index contributed by atoms with van der Waals surface area (Å²) in [4.78, 5) is 0. The van der Waals surface area contributed by atoms with Crippen LogP contribution in [0.15, 0.2) is 0 Å². The molecule has 0 saturated carbocycles. The first-order valence-corrected chi connectivity index (χ1v) is 5.39. The van der Waals surface area contributed by atoms with E-state index in [1.807, 2.05) is 0 Å². The van der Waals surface area contributed by atoms with Crippen LogP contribution in [0, 0.1) is 0 Å². The molecule has 0 N–H and O–H groups in total. The van der Waals surface area contributed by atoms with E-state index in [1.165, 1.54) is 5.82 Å². The minimum atomic E-state index is -1.82. The fourth-order valence-electron chi connectivity index (χ4n) is 0. The van der Waals surface area contributed by atoms with Crippen molar-refractivity contribution in [3.05, 3.63) is 0 Å². The van der Waals surface area contributed by atoms with E-state index >= 15 is 0 Å². The van der Waals surface area contributed by atoms with Gasteiger partial charge in [0.1, 0.15) is 0 Å². The fourth-order valence-corrected chi connectivity index (χ4v) is 0. The van der Waals surface area contributed by atoms with Crippen LogP contribution in [0.4, 0.5) is 0 Å². The molecular weight excluding hydrogens is 142 g/mol. The van der Waals surface area contributed by atoms with E-state index in [2.05, 4.69) is 0 Å². The Kier molecular flexibility index (Phi) is 2.17. The predicted molar refractivity (Wildman–Crippen MR) is 18.2 cm³/mol. The maximum absolute atomic E-state index is 9.42. The van der Waals surface area contributed by atoms with E-state index in [0.29, 0.717) is 0 Å². The van der Waals surface area contributed by atoms with Crippen LogP contribution in [0.2, 0.25) is 5.82 Å². The van der Waals surface area contributed by atoms with Crippen molar-refractivity contribution in [1.29, 1.82) is 0 Å². The summed E-state index contributed by atoms with van der Waals surface area (Å²) in [7, 11) is 4.84. The summed E-state index contributed by atoms with van der Waals surface area (Å²) in [5, 5.41) is 0. The van der Waals surface area contributed by atoms with Gasteiger partial charge in [0.15, 0.2) is 0 Å². The van der Waals surface area contributed by atoms with E-state index in [-0.39, 0.29) is 0 Å². The van der Waals surface area contributed by atoms with Crippen molar-refractivity contribution >= 4 is 23.0 Å². The molecule has 0 aromatic rings. The van der Waals surface area contributed by atoms with Crippen molar-refractivity contribution in [2.45, 2.75) is 5.82 Å². The van der Waals surface area contributed by atoms with Crippen LogP contribution in [0.3, 0.4) is 0 Å². The molecule has 0 aliphatic carbocycles. The second-order valence-electron chi connectivity index (χ2n) is 0.384. The molecule has 1 unspecified atom stereocenters. The molecule has 0 fully saturated rings. The van der Waals surface area contributed by atoms with Gasteiger partial charge in [-0.05, 0) is 0 Å². The topological polar surface area (TPSA) is 17.1 Å². The van der Waals surface area contributed by atoms with E-state index in [9.17, 15) is 3.83 Å². The molecule has 0 radical (unpaired) electrons. The van der Waals surface area contributed by atoms with Gasteiger partial charge in [0, 0.05) is 0 Å².